The fraction of sp³-hybridized carbons (Fsp3) is 0.800. The number of hydrogen-bond donors (Lipinski definition) is 3. The van der Waals surface area contributed by atoms with E-state index in [1.54, 1.807) is 6.92 Å². The molecule has 0 bridgehead atoms. The lowest BCUT2D eigenvalue weighted by atomic mass is 10.7. The van der Waals surface area contributed by atoms with Gasteiger partial charge in [-0.15, -0.1) is 0 Å². The highest BCUT2D eigenvalue weighted by atomic mass is 32.3. The third-order valence-electron chi connectivity index (χ3n) is 1.53. The SMILES string of the molecule is CCS(O)(O)C1COC(=O)N1. The summed E-state index contributed by atoms with van der Waals surface area (Å²) in [6, 6.07) is 0. The van der Waals surface area contributed by atoms with E-state index in [9.17, 15) is 13.9 Å². The zero-order valence-electron chi connectivity index (χ0n) is 6.11. The maximum atomic E-state index is 10.5. The van der Waals surface area contributed by atoms with Gasteiger partial charge in [0, 0.05) is 5.75 Å². The number of hydrogen-bond acceptors (Lipinski definition) is 4. The van der Waals surface area contributed by atoms with E-state index in [0.29, 0.717) is 0 Å². The van der Waals surface area contributed by atoms with Crippen LogP contribution in [-0.4, -0.2) is 32.9 Å². The van der Waals surface area contributed by atoms with Crippen LogP contribution in [0, 0.1) is 0 Å². The molecule has 11 heavy (non-hydrogen) atoms. The number of carbonyl (C=O) groups is 1. The van der Waals surface area contributed by atoms with Gasteiger partial charge in [-0.1, -0.05) is 0 Å². The summed E-state index contributed by atoms with van der Waals surface area (Å²) >= 11 is 0. The van der Waals surface area contributed by atoms with Crippen molar-refractivity contribution in [2.45, 2.75) is 12.3 Å². The molecule has 1 aliphatic heterocycles. The largest absolute Gasteiger partial charge is 0.446 e. The van der Waals surface area contributed by atoms with E-state index in [0.717, 1.165) is 0 Å². The molecule has 66 valence electrons. The van der Waals surface area contributed by atoms with Gasteiger partial charge in [0.1, 0.15) is 6.61 Å². The Labute approximate surface area is 66.1 Å². The molecule has 0 aromatic rings. The van der Waals surface area contributed by atoms with Gasteiger partial charge in [0.2, 0.25) is 0 Å². The van der Waals surface area contributed by atoms with Crippen LogP contribution >= 0.6 is 10.6 Å². The quantitative estimate of drug-likeness (QED) is 0.589. The molecule has 1 aliphatic rings. The molecule has 0 aliphatic carbocycles. The van der Waals surface area contributed by atoms with E-state index < -0.39 is 22.1 Å². The van der Waals surface area contributed by atoms with Crippen molar-refractivity contribution in [1.82, 2.24) is 5.32 Å². The van der Waals surface area contributed by atoms with Gasteiger partial charge in [0.05, 0.1) is 0 Å². The number of cyclic esters (lactones) is 1. The summed E-state index contributed by atoms with van der Waals surface area (Å²) in [4.78, 5) is 10.5. The normalized spacial score (nSPS) is 26.1. The zero-order valence-corrected chi connectivity index (χ0v) is 6.93. The highest BCUT2D eigenvalue weighted by molar-refractivity contribution is 8.24. The number of rotatable bonds is 2. The van der Waals surface area contributed by atoms with Crippen LogP contribution in [-0.2, 0) is 4.74 Å². The first-order chi connectivity index (χ1) is 5.06. The van der Waals surface area contributed by atoms with Crippen molar-refractivity contribution in [2.75, 3.05) is 12.4 Å². The van der Waals surface area contributed by atoms with Gasteiger partial charge in [-0.25, -0.2) is 4.79 Å². The van der Waals surface area contributed by atoms with Crippen LogP contribution in [0.5, 0.6) is 0 Å². The molecule has 0 saturated carbocycles. The average molecular weight is 181 g/mol. The van der Waals surface area contributed by atoms with Gasteiger partial charge < -0.3 is 4.74 Å². The summed E-state index contributed by atoms with van der Waals surface area (Å²) < 4.78 is 23.1. The second-order valence-corrected chi connectivity index (χ2v) is 4.82. The van der Waals surface area contributed by atoms with Crippen LogP contribution in [0.2, 0.25) is 0 Å². The third kappa shape index (κ3) is 1.76. The first-order valence-corrected chi connectivity index (χ1v) is 5.02. The van der Waals surface area contributed by atoms with Gasteiger partial charge in [-0.3, -0.25) is 14.4 Å². The van der Waals surface area contributed by atoms with Crippen molar-refractivity contribution in [1.29, 1.82) is 0 Å². The average Bonchev–Trinajstić information content (AvgIpc) is 2.36. The van der Waals surface area contributed by atoms with Crippen LogP contribution in [0.4, 0.5) is 4.79 Å². The maximum absolute atomic E-state index is 10.5. The number of amides is 1. The van der Waals surface area contributed by atoms with Crippen molar-refractivity contribution in [3.8, 4) is 0 Å². The summed E-state index contributed by atoms with van der Waals surface area (Å²) in [5, 5.41) is 1.70. The second-order valence-electron chi connectivity index (χ2n) is 2.24. The Bertz CT molecular complexity index is 172. The molecule has 0 radical (unpaired) electrons. The lowest BCUT2D eigenvalue weighted by Gasteiger charge is -2.34. The van der Waals surface area contributed by atoms with E-state index >= 15 is 0 Å². The molecule has 1 heterocycles. The van der Waals surface area contributed by atoms with Crippen LogP contribution in [0.15, 0.2) is 0 Å². The highest BCUT2D eigenvalue weighted by Gasteiger charge is 2.32. The minimum atomic E-state index is -2.69. The molecule has 1 saturated heterocycles. The first-order valence-electron chi connectivity index (χ1n) is 3.24. The molecule has 1 amide bonds. The Kier molecular flexibility index (Phi) is 2.26. The van der Waals surface area contributed by atoms with Gasteiger partial charge in [-0.2, -0.15) is 10.6 Å². The minimum Gasteiger partial charge on any atom is -0.446 e. The predicted molar refractivity (Wildman–Crippen MR) is 41.7 cm³/mol. The third-order valence-corrected chi connectivity index (χ3v) is 3.54. The van der Waals surface area contributed by atoms with Gasteiger partial charge in [-0.05, 0) is 6.92 Å². The van der Waals surface area contributed by atoms with Gasteiger partial charge in [0.25, 0.3) is 0 Å². The summed E-state index contributed by atoms with van der Waals surface area (Å²) in [6.07, 6.45) is -0.580. The number of nitrogens with one attached hydrogen (secondary N) is 1. The van der Waals surface area contributed by atoms with Crippen molar-refractivity contribution in [2.24, 2.45) is 0 Å². The standard InChI is InChI=1S/C5H11NO4S/c1-2-11(8,9)4-3-10-5(7)6-4/h4,8-9H,2-3H2,1H3,(H,6,7). The highest BCUT2D eigenvalue weighted by Crippen LogP contribution is 2.43. The number of ether oxygens (including phenoxy) is 1. The molecule has 1 rings (SSSR count). The topological polar surface area (TPSA) is 78.8 Å². The van der Waals surface area contributed by atoms with E-state index in [-0.39, 0.29) is 12.4 Å². The molecule has 0 spiro atoms. The van der Waals surface area contributed by atoms with Crippen molar-refractivity contribution >= 4 is 16.7 Å². The molecular weight excluding hydrogens is 170 g/mol. The fourth-order valence-corrected chi connectivity index (χ4v) is 1.74. The molecule has 3 N–H and O–H groups in total. The van der Waals surface area contributed by atoms with Crippen molar-refractivity contribution in [3.05, 3.63) is 0 Å². The smallest absolute Gasteiger partial charge is 0.408 e. The minimum absolute atomic E-state index is 0.0506. The van der Waals surface area contributed by atoms with Crippen molar-refractivity contribution in [3.63, 3.8) is 0 Å². The number of alkyl carbamates (subject to hydrolysis) is 1. The maximum Gasteiger partial charge on any atom is 0.408 e. The lowest BCUT2D eigenvalue weighted by molar-refractivity contribution is 0.178. The molecule has 5 nitrogen and oxygen atoms in total. The van der Waals surface area contributed by atoms with Crippen molar-refractivity contribution < 1.29 is 18.6 Å². The van der Waals surface area contributed by atoms with Gasteiger partial charge in [0.15, 0.2) is 5.37 Å². The van der Waals surface area contributed by atoms with Crippen LogP contribution in [0.3, 0.4) is 0 Å². The summed E-state index contributed by atoms with van der Waals surface area (Å²) in [6.45, 7) is 1.70. The first kappa shape index (κ1) is 8.63. The molecule has 1 atom stereocenters. The van der Waals surface area contributed by atoms with Crippen LogP contribution < -0.4 is 5.32 Å². The van der Waals surface area contributed by atoms with Gasteiger partial charge >= 0.3 is 6.09 Å². The Morgan fingerprint density at radius 2 is 2.45 bits per heavy atom. The second kappa shape index (κ2) is 2.88. The van der Waals surface area contributed by atoms with E-state index in [2.05, 4.69) is 10.1 Å². The molecule has 0 aromatic heterocycles. The monoisotopic (exact) mass is 181 g/mol. The Hall–Kier alpha value is -0.460. The lowest BCUT2D eigenvalue weighted by Crippen LogP contribution is -2.32. The van der Waals surface area contributed by atoms with E-state index in [1.807, 2.05) is 0 Å². The molecule has 0 aromatic carbocycles. The Morgan fingerprint density at radius 1 is 1.82 bits per heavy atom. The molecule has 1 unspecified atom stereocenters. The summed E-state index contributed by atoms with van der Waals surface area (Å²) in [5.41, 5.74) is 0. The van der Waals surface area contributed by atoms with Crippen LogP contribution in [0.1, 0.15) is 6.92 Å². The van der Waals surface area contributed by atoms with E-state index in [1.165, 1.54) is 0 Å². The zero-order chi connectivity index (χ0) is 8.48. The number of carbonyl (C=O) groups excluding carboxylic acids is 1. The van der Waals surface area contributed by atoms with Crippen LogP contribution in [0.25, 0.3) is 0 Å². The van der Waals surface area contributed by atoms with E-state index in [4.69, 9.17) is 0 Å². The Morgan fingerprint density at radius 3 is 2.82 bits per heavy atom. The molecule has 1 fully saturated rings. The molecular formula is C5H11NO4S. The Balaban J connectivity index is 2.55. The summed E-state index contributed by atoms with van der Waals surface area (Å²) in [5.74, 6) is 0.237. The fourth-order valence-electron chi connectivity index (χ4n) is 0.771. The molecule has 6 heteroatoms. The predicted octanol–water partition coefficient (Wildman–Crippen LogP) is 0.823. The summed E-state index contributed by atoms with van der Waals surface area (Å²) in [7, 11) is -2.69.